The van der Waals surface area contributed by atoms with Crippen molar-refractivity contribution in [2.75, 3.05) is 0 Å². The molecular weight excluding hydrogens is 196 g/mol. The molecule has 7 heteroatoms. The van der Waals surface area contributed by atoms with Gasteiger partial charge in [0.1, 0.15) is 0 Å². The van der Waals surface area contributed by atoms with E-state index in [0.29, 0.717) is 5.49 Å². The highest BCUT2D eigenvalue weighted by Crippen LogP contribution is 1.80. The second kappa shape index (κ2) is 2.39. The summed E-state index contributed by atoms with van der Waals surface area (Å²) in [4.78, 5) is 23.7. The van der Waals surface area contributed by atoms with E-state index in [1.54, 1.807) is 0 Å². The van der Waals surface area contributed by atoms with Gasteiger partial charge in [-0.1, -0.05) is 0 Å². The van der Waals surface area contributed by atoms with Gasteiger partial charge in [-0.15, -0.1) is 0 Å². The van der Waals surface area contributed by atoms with Gasteiger partial charge in [0.05, 0.1) is 0 Å². The van der Waals surface area contributed by atoms with Gasteiger partial charge < -0.3 is 4.98 Å². The van der Waals surface area contributed by atoms with Gasteiger partial charge in [-0.3, -0.25) is 9.78 Å². The smallest absolute Gasteiger partial charge is 0.279 e. The lowest BCUT2D eigenvalue weighted by Crippen LogP contribution is -2.41. The highest BCUT2D eigenvalue weighted by atomic mass is 32.1. The van der Waals surface area contributed by atoms with Crippen LogP contribution >= 0.6 is 24.4 Å². The van der Waals surface area contributed by atoms with E-state index in [9.17, 15) is 4.79 Å². The molecule has 1 aromatic rings. The first-order valence-electron chi connectivity index (χ1n) is 3.01. The zero-order chi connectivity index (χ0) is 8.72. The molecule has 0 spiro atoms. The standard InChI is InChI=1S/C5H2N4OS2/c10-3-1-2(7-4(11)6-1)8-5(12)9-3/h(H2,7,8,9,10,11,12). The fourth-order valence-corrected chi connectivity index (χ4v) is 1.24. The maximum absolute atomic E-state index is 11.1. The van der Waals surface area contributed by atoms with Gasteiger partial charge in [0.2, 0.25) is 5.11 Å². The maximum Gasteiger partial charge on any atom is 0.279 e. The minimum absolute atomic E-state index is 0.146. The van der Waals surface area contributed by atoms with Gasteiger partial charge in [-0.25, -0.2) is 4.99 Å². The van der Waals surface area contributed by atoms with Crippen molar-refractivity contribution in [1.82, 2.24) is 9.97 Å². The number of nitrogens with zero attached hydrogens (tertiary/aromatic N) is 2. The van der Waals surface area contributed by atoms with Crippen molar-refractivity contribution in [3.05, 3.63) is 26.0 Å². The number of hydrogen-bond donors (Lipinski definition) is 2. The summed E-state index contributed by atoms with van der Waals surface area (Å²) in [6.07, 6.45) is 0. The highest BCUT2D eigenvalue weighted by molar-refractivity contribution is 7.80. The summed E-state index contributed by atoms with van der Waals surface area (Å²) in [7, 11) is 0. The van der Waals surface area contributed by atoms with E-state index in [2.05, 4.69) is 32.2 Å². The second-order valence-electron chi connectivity index (χ2n) is 2.11. The van der Waals surface area contributed by atoms with Crippen molar-refractivity contribution in [2.24, 2.45) is 9.98 Å². The summed E-state index contributed by atoms with van der Waals surface area (Å²) in [5.74, 6) is 0. The lowest BCUT2D eigenvalue weighted by atomic mass is 10.6. The Balaban J connectivity index is 3.15. The summed E-state index contributed by atoms with van der Waals surface area (Å²) in [6, 6.07) is 0. The van der Waals surface area contributed by atoms with Crippen LogP contribution in [0.1, 0.15) is 0 Å². The molecule has 1 aliphatic rings. The number of fused-ring (bicyclic) bond motifs is 1. The van der Waals surface area contributed by atoms with Crippen molar-refractivity contribution < 1.29 is 0 Å². The van der Waals surface area contributed by atoms with Crippen molar-refractivity contribution >= 4 is 29.5 Å². The summed E-state index contributed by atoms with van der Waals surface area (Å²) >= 11 is 9.41. The van der Waals surface area contributed by atoms with E-state index in [0.717, 1.165) is 0 Å². The van der Waals surface area contributed by atoms with Crippen molar-refractivity contribution in [3.8, 4) is 0 Å². The molecule has 0 atom stereocenters. The summed E-state index contributed by atoms with van der Waals surface area (Å²) < 4.78 is 0.224. The molecule has 1 aliphatic heterocycles. The van der Waals surface area contributed by atoms with Gasteiger partial charge in [0, 0.05) is 0 Å². The molecule has 12 heavy (non-hydrogen) atoms. The van der Waals surface area contributed by atoms with Crippen LogP contribution in [0, 0.1) is 4.77 Å². The zero-order valence-corrected chi connectivity index (χ0v) is 7.25. The Hall–Kier alpha value is -1.21. The first kappa shape index (κ1) is 7.44. The third kappa shape index (κ3) is 1.03. The number of aromatic amines is 2. The van der Waals surface area contributed by atoms with Crippen LogP contribution in [0.2, 0.25) is 0 Å². The molecule has 0 unspecified atom stereocenters. The van der Waals surface area contributed by atoms with Gasteiger partial charge in [0.25, 0.3) is 5.56 Å². The molecule has 0 bridgehead atoms. The number of nitrogens with one attached hydrogen (secondary N) is 2. The molecule has 0 aromatic carbocycles. The van der Waals surface area contributed by atoms with Crippen molar-refractivity contribution in [2.45, 2.75) is 0 Å². The van der Waals surface area contributed by atoms with Crippen molar-refractivity contribution in [3.63, 3.8) is 0 Å². The van der Waals surface area contributed by atoms with E-state index >= 15 is 0 Å². The number of hydrogen-bond acceptors (Lipinski definition) is 3. The lowest BCUT2D eigenvalue weighted by Gasteiger charge is -1.81. The average Bonchev–Trinajstić information content (AvgIpc) is 2.29. The summed E-state index contributed by atoms with van der Waals surface area (Å²) in [5, 5.41) is 0.348. The molecule has 0 fully saturated rings. The second-order valence-corrected chi connectivity index (χ2v) is 2.89. The average molecular weight is 198 g/mol. The van der Waals surface area contributed by atoms with Crippen molar-refractivity contribution in [1.29, 1.82) is 0 Å². The van der Waals surface area contributed by atoms with Crippen LogP contribution in [0.25, 0.3) is 0 Å². The largest absolute Gasteiger partial charge is 0.315 e. The lowest BCUT2D eigenvalue weighted by molar-refractivity contribution is 0.991. The van der Waals surface area contributed by atoms with Gasteiger partial charge in [0.15, 0.2) is 15.6 Å². The molecule has 1 aromatic heterocycles. The summed E-state index contributed by atoms with van der Waals surface area (Å²) in [5.41, 5.74) is -0.0221. The molecule has 2 rings (SSSR count). The van der Waals surface area contributed by atoms with Crippen LogP contribution < -0.4 is 16.4 Å². The Morgan fingerprint density at radius 3 is 2.67 bits per heavy atom. The summed E-state index contributed by atoms with van der Waals surface area (Å²) in [6.45, 7) is 0. The van der Waals surface area contributed by atoms with E-state index < -0.39 is 0 Å². The predicted molar refractivity (Wildman–Crippen MR) is 47.2 cm³/mol. The minimum Gasteiger partial charge on any atom is -0.315 e. The molecule has 2 heterocycles. The molecule has 0 saturated heterocycles. The fraction of sp³-hybridized carbons (Fsp3) is 0. The van der Waals surface area contributed by atoms with E-state index in [-0.39, 0.29) is 20.8 Å². The first-order valence-corrected chi connectivity index (χ1v) is 3.82. The molecule has 2 N–H and O–H groups in total. The first-order chi connectivity index (χ1) is 5.66. The quantitative estimate of drug-likeness (QED) is 0.523. The number of thiocarbonyl (C=S) groups is 1. The number of H-pyrrole nitrogens is 2. The van der Waals surface area contributed by atoms with E-state index in [1.165, 1.54) is 0 Å². The molecule has 0 saturated carbocycles. The third-order valence-electron chi connectivity index (χ3n) is 1.31. The Labute approximate surface area is 75.9 Å². The Kier molecular flexibility index (Phi) is 1.48. The van der Waals surface area contributed by atoms with Gasteiger partial charge >= 0.3 is 0 Å². The Morgan fingerprint density at radius 1 is 1.17 bits per heavy atom. The fourth-order valence-electron chi connectivity index (χ4n) is 0.869. The van der Waals surface area contributed by atoms with E-state index in [4.69, 9.17) is 12.2 Å². The monoisotopic (exact) mass is 198 g/mol. The van der Waals surface area contributed by atoms with E-state index in [1.807, 2.05) is 0 Å². The molecule has 0 aliphatic carbocycles. The van der Waals surface area contributed by atoms with Crippen LogP contribution in [-0.2, 0) is 0 Å². The molecular formula is C5H2N4OS2. The number of aromatic nitrogens is 2. The molecule has 0 radical (unpaired) electrons. The van der Waals surface area contributed by atoms with Crippen LogP contribution in [-0.4, -0.2) is 15.1 Å². The molecule has 5 nitrogen and oxygen atoms in total. The maximum atomic E-state index is 11.1. The Morgan fingerprint density at radius 2 is 1.92 bits per heavy atom. The molecule has 0 amide bonds. The van der Waals surface area contributed by atoms with Gasteiger partial charge in [-0.2, -0.15) is 4.99 Å². The SMILES string of the molecule is O=c1[nH]c(=S)[nH]c2c1=NC(=S)N=2. The highest BCUT2D eigenvalue weighted by Gasteiger charge is 2.04. The third-order valence-corrected chi connectivity index (χ3v) is 1.70. The van der Waals surface area contributed by atoms with Crippen LogP contribution in [0.15, 0.2) is 14.8 Å². The topological polar surface area (TPSA) is 73.4 Å². The Bertz CT molecular complexity index is 581. The predicted octanol–water partition coefficient (Wildman–Crippen LogP) is -1.03. The van der Waals surface area contributed by atoms with Gasteiger partial charge in [-0.05, 0) is 24.4 Å². The zero-order valence-electron chi connectivity index (χ0n) is 5.62. The normalized spacial score (nSPS) is 13.5. The molecule has 60 valence electrons. The minimum atomic E-state index is -0.364. The van der Waals surface area contributed by atoms with Crippen LogP contribution in [0.4, 0.5) is 0 Å². The number of rotatable bonds is 0. The van der Waals surface area contributed by atoms with Crippen LogP contribution in [0.5, 0.6) is 0 Å². The van der Waals surface area contributed by atoms with Crippen LogP contribution in [0.3, 0.4) is 0 Å².